The molecule has 15 heavy (non-hydrogen) atoms. The number of hydrogen-bond donors (Lipinski definition) is 7. The Morgan fingerprint density at radius 3 is 1.60 bits per heavy atom. The van der Waals surface area contributed by atoms with E-state index >= 15 is 0 Å². The van der Waals surface area contributed by atoms with Crippen LogP contribution in [0, 0.1) is 0 Å². The first kappa shape index (κ1) is 16.8. The number of carbonyl (C=O) groups is 1. The molecule has 4 unspecified atom stereocenters. The lowest BCUT2D eigenvalue weighted by molar-refractivity contribution is -0.136. The zero-order valence-corrected chi connectivity index (χ0v) is 7.84. The molecular weight excluding hydrogens is 212 g/mol. The first-order chi connectivity index (χ1) is 6.95. The molecule has 0 aromatic rings. The van der Waals surface area contributed by atoms with Gasteiger partial charge in [-0.15, -0.1) is 0 Å². The number of hydrogen-bond acceptors (Lipinski definition) is 8. The minimum absolute atomic E-state index is 0.0258. The maximum atomic E-state index is 9.90. The fourth-order valence-electron chi connectivity index (χ4n) is 0.618. The van der Waals surface area contributed by atoms with E-state index in [1.165, 1.54) is 0 Å². The van der Waals surface area contributed by atoms with E-state index in [9.17, 15) is 4.79 Å². The van der Waals surface area contributed by atoms with Gasteiger partial charge >= 0.3 is 0 Å². The first-order valence-electron chi connectivity index (χ1n) is 3.96. The van der Waals surface area contributed by atoms with Gasteiger partial charge in [0.05, 0.1) is 6.61 Å². The van der Waals surface area contributed by atoms with Crippen LogP contribution in [0.15, 0.2) is 0 Å². The minimum atomic E-state index is -1.79. The summed E-state index contributed by atoms with van der Waals surface area (Å²) in [4.78, 5) is 9.90. The molecule has 0 fully saturated rings. The third-order valence-electron chi connectivity index (χ3n) is 1.42. The Bertz CT molecular complexity index is 152. The molecule has 8 nitrogen and oxygen atoms in total. The van der Waals surface area contributed by atoms with Crippen molar-refractivity contribution in [3.8, 4) is 0 Å². The van der Waals surface area contributed by atoms with Crippen molar-refractivity contribution >= 4 is 6.29 Å². The maximum absolute atomic E-state index is 9.90. The molecule has 0 amide bonds. The second-order valence-electron chi connectivity index (χ2n) is 2.50. The van der Waals surface area contributed by atoms with Crippen LogP contribution in [0.5, 0.6) is 0 Å². The van der Waals surface area contributed by atoms with Crippen LogP contribution in [0.25, 0.3) is 0 Å². The molecule has 0 aliphatic heterocycles. The van der Waals surface area contributed by atoms with Gasteiger partial charge in [-0.3, -0.25) is 0 Å². The van der Waals surface area contributed by atoms with Crippen LogP contribution in [0.3, 0.4) is 0 Å². The molecule has 0 aliphatic rings. The summed E-state index contributed by atoms with van der Waals surface area (Å²) in [5.41, 5.74) is 0. The highest BCUT2D eigenvalue weighted by atomic mass is 16.5. The van der Waals surface area contributed by atoms with Crippen molar-refractivity contribution in [2.45, 2.75) is 24.4 Å². The topological polar surface area (TPSA) is 159 Å². The molecule has 0 aromatic carbocycles. The van der Waals surface area contributed by atoms with Crippen molar-refractivity contribution in [3.05, 3.63) is 0 Å². The second-order valence-corrected chi connectivity index (χ2v) is 2.50. The summed E-state index contributed by atoms with van der Waals surface area (Å²) in [7, 11) is 0. The Morgan fingerprint density at radius 1 is 0.933 bits per heavy atom. The average molecular weight is 228 g/mol. The van der Waals surface area contributed by atoms with E-state index in [1.54, 1.807) is 0 Å². The normalized spacial score (nSPS) is 18.1. The lowest BCUT2D eigenvalue weighted by Crippen LogP contribution is -2.46. The van der Waals surface area contributed by atoms with Crippen molar-refractivity contribution in [2.75, 3.05) is 13.4 Å². The monoisotopic (exact) mass is 228 g/mol. The smallest absolute Gasteiger partial charge is 0.151 e. The zero-order chi connectivity index (χ0) is 12.4. The van der Waals surface area contributed by atoms with Crippen LogP contribution in [0.1, 0.15) is 0 Å². The van der Waals surface area contributed by atoms with Gasteiger partial charge in [0.2, 0.25) is 0 Å². The number of rotatable bonds is 5. The number of aliphatic hydroxyl groups is 7. The van der Waals surface area contributed by atoms with E-state index in [0.717, 1.165) is 0 Å². The molecule has 0 radical (unpaired) electrons. The van der Waals surface area contributed by atoms with Crippen molar-refractivity contribution in [2.24, 2.45) is 0 Å². The van der Waals surface area contributed by atoms with Crippen LogP contribution in [0.4, 0.5) is 0 Å². The molecule has 0 aromatic heterocycles. The van der Waals surface area contributed by atoms with Crippen LogP contribution in [-0.2, 0) is 4.79 Å². The fourth-order valence-corrected chi connectivity index (χ4v) is 0.618. The molecule has 7 N–H and O–H groups in total. The van der Waals surface area contributed by atoms with E-state index in [0.29, 0.717) is 0 Å². The molecule has 0 saturated heterocycles. The van der Waals surface area contributed by atoms with Gasteiger partial charge in [0, 0.05) is 0 Å². The highest BCUT2D eigenvalue weighted by Gasteiger charge is 2.29. The average Bonchev–Trinajstić information content (AvgIpc) is 2.25. The lowest BCUT2D eigenvalue weighted by Gasteiger charge is -2.22. The minimum Gasteiger partial charge on any atom is -0.394 e. The van der Waals surface area contributed by atoms with Gasteiger partial charge in [-0.05, 0) is 0 Å². The van der Waals surface area contributed by atoms with Crippen LogP contribution < -0.4 is 0 Å². The second kappa shape index (κ2) is 9.93. The van der Waals surface area contributed by atoms with Crippen molar-refractivity contribution < 1.29 is 40.5 Å². The SMILES string of the molecule is O=CC(O)C(O)C(O)C(O)CO.OCO. The highest BCUT2D eigenvalue weighted by molar-refractivity contribution is 5.56. The molecule has 0 bridgehead atoms. The molecular formula is C7H16O8. The largest absolute Gasteiger partial charge is 0.394 e. The van der Waals surface area contributed by atoms with Crippen LogP contribution in [-0.4, -0.2) is 79.8 Å². The molecule has 0 saturated carbocycles. The first-order valence-corrected chi connectivity index (χ1v) is 3.96. The van der Waals surface area contributed by atoms with E-state index in [1.807, 2.05) is 0 Å². The fraction of sp³-hybridized carbons (Fsp3) is 0.857. The molecule has 0 rings (SSSR count). The third-order valence-corrected chi connectivity index (χ3v) is 1.42. The molecule has 0 spiro atoms. The highest BCUT2D eigenvalue weighted by Crippen LogP contribution is 2.02. The third kappa shape index (κ3) is 7.33. The van der Waals surface area contributed by atoms with Gasteiger partial charge in [0.25, 0.3) is 0 Å². The van der Waals surface area contributed by atoms with Gasteiger partial charge in [0.15, 0.2) is 6.29 Å². The predicted octanol–water partition coefficient (Wildman–Crippen LogP) is -4.45. The summed E-state index contributed by atoms with van der Waals surface area (Å²) in [5, 5.41) is 57.8. The maximum Gasteiger partial charge on any atom is 0.151 e. The molecule has 8 heteroatoms. The summed E-state index contributed by atoms with van der Waals surface area (Å²) < 4.78 is 0. The van der Waals surface area contributed by atoms with Gasteiger partial charge in [0.1, 0.15) is 31.2 Å². The molecule has 0 heterocycles. The summed E-state index contributed by atoms with van der Waals surface area (Å²) in [6.45, 7) is -1.51. The van der Waals surface area contributed by atoms with E-state index in [-0.39, 0.29) is 6.29 Å². The molecule has 4 atom stereocenters. The van der Waals surface area contributed by atoms with Gasteiger partial charge < -0.3 is 40.5 Å². The van der Waals surface area contributed by atoms with Gasteiger partial charge in [-0.2, -0.15) is 0 Å². The van der Waals surface area contributed by atoms with E-state index in [2.05, 4.69) is 0 Å². The predicted molar refractivity (Wildman–Crippen MR) is 46.5 cm³/mol. The van der Waals surface area contributed by atoms with Crippen LogP contribution in [0.2, 0.25) is 0 Å². The Hall–Kier alpha value is -0.610. The van der Waals surface area contributed by atoms with E-state index < -0.39 is 37.8 Å². The Labute approximate surface area is 85.7 Å². The summed E-state index contributed by atoms with van der Waals surface area (Å²) >= 11 is 0. The number of aldehydes is 1. The van der Waals surface area contributed by atoms with Gasteiger partial charge in [-0.25, -0.2) is 0 Å². The van der Waals surface area contributed by atoms with Crippen molar-refractivity contribution in [1.29, 1.82) is 0 Å². The van der Waals surface area contributed by atoms with E-state index in [4.69, 9.17) is 35.7 Å². The molecule has 0 aliphatic carbocycles. The zero-order valence-electron chi connectivity index (χ0n) is 7.84. The van der Waals surface area contributed by atoms with Crippen LogP contribution >= 0.6 is 0 Å². The number of aliphatic hydroxyl groups excluding tert-OH is 6. The van der Waals surface area contributed by atoms with Gasteiger partial charge in [-0.1, -0.05) is 0 Å². The summed E-state index contributed by atoms with van der Waals surface area (Å²) in [6.07, 6.45) is -6.84. The lowest BCUT2D eigenvalue weighted by atomic mass is 10.0. The Morgan fingerprint density at radius 2 is 1.33 bits per heavy atom. The quantitative estimate of drug-likeness (QED) is 0.183. The molecule has 92 valence electrons. The van der Waals surface area contributed by atoms with Crippen molar-refractivity contribution in [3.63, 3.8) is 0 Å². The summed E-state index contributed by atoms with van der Waals surface area (Å²) in [5.74, 6) is 0. The Kier molecular flexibility index (Phi) is 11.1. The summed E-state index contributed by atoms with van der Waals surface area (Å²) in [6, 6.07) is 0. The van der Waals surface area contributed by atoms with Crippen molar-refractivity contribution in [1.82, 2.24) is 0 Å². The standard InChI is InChI=1S/C6H12O6.CH4O2/c7-1-3(9)5(11)6(12)4(10)2-8;2-1-3/h1,3-6,8-12H,2H2;2-3H,1H2. The number of carbonyl (C=O) groups excluding carboxylic acids is 1. The Balaban J connectivity index is 0.